The van der Waals surface area contributed by atoms with Crippen LogP contribution in [0.1, 0.15) is 44.3 Å². The molecule has 154 valence electrons. The fourth-order valence-electron chi connectivity index (χ4n) is 3.14. The Balaban J connectivity index is 0.00000280. The van der Waals surface area contributed by atoms with E-state index in [2.05, 4.69) is 37.3 Å². The lowest BCUT2D eigenvalue weighted by Crippen LogP contribution is -2.38. The number of aromatic nitrogens is 3. The number of rotatable bonds is 8. The van der Waals surface area contributed by atoms with Crippen molar-refractivity contribution in [3.8, 4) is 5.75 Å². The summed E-state index contributed by atoms with van der Waals surface area (Å²) in [6.45, 7) is 5.92. The third-order valence-corrected chi connectivity index (χ3v) is 4.53. The van der Waals surface area contributed by atoms with Crippen LogP contribution in [0.4, 0.5) is 0 Å². The number of halogens is 1. The van der Waals surface area contributed by atoms with Gasteiger partial charge in [0.25, 0.3) is 0 Å². The molecule has 0 bridgehead atoms. The Kier molecular flexibility index (Phi) is 10.1. The summed E-state index contributed by atoms with van der Waals surface area (Å²) < 4.78 is 7.96. The normalized spacial score (nSPS) is 13.8. The van der Waals surface area contributed by atoms with Crippen LogP contribution in [0.5, 0.6) is 5.75 Å². The van der Waals surface area contributed by atoms with Crippen LogP contribution in [0.3, 0.4) is 0 Å². The fraction of sp³-hybridized carbons (Fsp3) is 0.550. The molecule has 0 saturated carbocycles. The van der Waals surface area contributed by atoms with Gasteiger partial charge in [0.15, 0.2) is 11.8 Å². The van der Waals surface area contributed by atoms with Gasteiger partial charge in [0.1, 0.15) is 18.1 Å². The first-order valence-electron chi connectivity index (χ1n) is 9.98. The molecule has 0 fully saturated rings. The number of hydrogen-bond donors (Lipinski definition) is 2. The van der Waals surface area contributed by atoms with Gasteiger partial charge in [0, 0.05) is 26.1 Å². The molecule has 0 spiro atoms. The molecule has 0 amide bonds. The van der Waals surface area contributed by atoms with Crippen LogP contribution in [-0.4, -0.2) is 40.4 Å². The molecule has 3 rings (SSSR count). The average Bonchev–Trinajstić information content (AvgIpc) is 2.92. The molecule has 2 aromatic rings. The number of nitrogens with one attached hydrogen (secondary N) is 2. The maximum Gasteiger partial charge on any atom is 0.191 e. The Morgan fingerprint density at radius 1 is 1.14 bits per heavy atom. The standard InChI is InChI=1S/C20H30N6O.HI/c1-2-21-20(22-13-9-15-27-17-10-5-3-6-11-17)23-16-19-25-24-18-12-7-4-8-14-26(18)19;/h3,5-6,10-11H,2,4,7-9,12-16H2,1H3,(H2,21,22,23);1H. The van der Waals surface area contributed by atoms with Crippen molar-refractivity contribution in [2.75, 3.05) is 19.7 Å². The van der Waals surface area contributed by atoms with E-state index in [0.29, 0.717) is 13.2 Å². The maximum atomic E-state index is 5.72. The van der Waals surface area contributed by atoms with E-state index in [1.54, 1.807) is 0 Å². The number of aliphatic imine (C=N–C) groups is 1. The van der Waals surface area contributed by atoms with Gasteiger partial charge in [-0.2, -0.15) is 0 Å². The second-order valence-corrected chi connectivity index (χ2v) is 6.63. The molecule has 0 atom stereocenters. The van der Waals surface area contributed by atoms with Crippen molar-refractivity contribution >= 4 is 29.9 Å². The topological polar surface area (TPSA) is 76.4 Å². The molecule has 0 aliphatic carbocycles. The van der Waals surface area contributed by atoms with Crippen molar-refractivity contribution in [3.05, 3.63) is 42.0 Å². The minimum atomic E-state index is 0. The molecule has 1 aliphatic heterocycles. The van der Waals surface area contributed by atoms with Gasteiger partial charge >= 0.3 is 0 Å². The van der Waals surface area contributed by atoms with E-state index in [4.69, 9.17) is 4.74 Å². The Morgan fingerprint density at radius 2 is 2.00 bits per heavy atom. The number of para-hydroxylation sites is 1. The summed E-state index contributed by atoms with van der Waals surface area (Å²) in [5.74, 6) is 3.78. The summed E-state index contributed by atoms with van der Waals surface area (Å²) in [4.78, 5) is 4.68. The van der Waals surface area contributed by atoms with Crippen molar-refractivity contribution in [1.82, 2.24) is 25.4 Å². The molecule has 2 heterocycles. The highest BCUT2D eigenvalue weighted by molar-refractivity contribution is 14.0. The fourth-order valence-corrected chi connectivity index (χ4v) is 3.14. The zero-order valence-electron chi connectivity index (χ0n) is 16.6. The van der Waals surface area contributed by atoms with E-state index in [1.807, 2.05) is 30.3 Å². The third kappa shape index (κ3) is 6.96. The van der Waals surface area contributed by atoms with Crippen molar-refractivity contribution in [1.29, 1.82) is 0 Å². The monoisotopic (exact) mass is 498 g/mol. The summed E-state index contributed by atoms with van der Waals surface area (Å²) in [7, 11) is 0. The number of fused-ring (bicyclic) bond motifs is 1. The molecular formula is C20H31IN6O. The lowest BCUT2D eigenvalue weighted by molar-refractivity contribution is 0.311. The van der Waals surface area contributed by atoms with E-state index in [9.17, 15) is 0 Å². The summed E-state index contributed by atoms with van der Waals surface area (Å²) >= 11 is 0. The molecule has 7 nitrogen and oxygen atoms in total. The minimum Gasteiger partial charge on any atom is -0.494 e. The maximum absolute atomic E-state index is 5.72. The Hall–Kier alpha value is -1.84. The number of nitrogens with zero attached hydrogens (tertiary/aromatic N) is 4. The molecule has 1 aliphatic rings. The van der Waals surface area contributed by atoms with Gasteiger partial charge in [0.05, 0.1) is 6.61 Å². The Morgan fingerprint density at radius 3 is 2.82 bits per heavy atom. The highest BCUT2D eigenvalue weighted by Gasteiger charge is 2.14. The van der Waals surface area contributed by atoms with Gasteiger partial charge in [-0.25, -0.2) is 4.99 Å². The number of guanidine groups is 1. The van der Waals surface area contributed by atoms with E-state index < -0.39 is 0 Å². The van der Waals surface area contributed by atoms with Crippen LogP contribution in [0.2, 0.25) is 0 Å². The largest absolute Gasteiger partial charge is 0.494 e. The van der Waals surface area contributed by atoms with Crippen molar-refractivity contribution in [2.24, 2.45) is 4.99 Å². The molecule has 0 saturated heterocycles. The highest BCUT2D eigenvalue weighted by Crippen LogP contribution is 2.14. The molecule has 1 aromatic carbocycles. The van der Waals surface area contributed by atoms with Crippen molar-refractivity contribution in [2.45, 2.75) is 52.1 Å². The number of ether oxygens (including phenoxy) is 1. The van der Waals surface area contributed by atoms with Crippen LogP contribution < -0.4 is 15.4 Å². The highest BCUT2D eigenvalue weighted by atomic mass is 127. The van der Waals surface area contributed by atoms with Crippen LogP contribution in [0.15, 0.2) is 35.3 Å². The zero-order chi connectivity index (χ0) is 18.7. The van der Waals surface area contributed by atoms with Crippen molar-refractivity contribution < 1.29 is 4.74 Å². The summed E-state index contributed by atoms with van der Waals surface area (Å²) in [6.07, 6.45) is 5.59. The molecule has 28 heavy (non-hydrogen) atoms. The van der Waals surface area contributed by atoms with Crippen LogP contribution in [0.25, 0.3) is 0 Å². The minimum absolute atomic E-state index is 0. The quantitative estimate of drug-likeness (QED) is 0.253. The molecule has 2 N–H and O–H groups in total. The van der Waals surface area contributed by atoms with E-state index in [0.717, 1.165) is 55.8 Å². The third-order valence-electron chi connectivity index (χ3n) is 4.53. The van der Waals surface area contributed by atoms with E-state index in [-0.39, 0.29) is 24.0 Å². The van der Waals surface area contributed by atoms with Gasteiger partial charge < -0.3 is 19.9 Å². The van der Waals surface area contributed by atoms with Gasteiger partial charge in [-0.05, 0) is 38.3 Å². The lowest BCUT2D eigenvalue weighted by atomic mass is 10.2. The summed E-state index contributed by atoms with van der Waals surface area (Å²) in [5.41, 5.74) is 0. The van der Waals surface area contributed by atoms with Gasteiger partial charge in [-0.1, -0.05) is 24.6 Å². The molecular weight excluding hydrogens is 467 g/mol. The first-order chi connectivity index (χ1) is 13.4. The number of benzene rings is 1. The predicted octanol–water partition coefficient (Wildman–Crippen LogP) is 3.15. The number of hydrogen-bond acceptors (Lipinski definition) is 4. The predicted molar refractivity (Wildman–Crippen MR) is 122 cm³/mol. The lowest BCUT2D eigenvalue weighted by Gasteiger charge is -2.12. The second kappa shape index (κ2) is 12.6. The van der Waals surface area contributed by atoms with Crippen LogP contribution in [-0.2, 0) is 19.5 Å². The number of aryl methyl sites for hydroxylation is 1. The summed E-state index contributed by atoms with van der Waals surface area (Å²) in [5, 5.41) is 15.3. The zero-order valence-corrected chi connectivity index (χ0v) is 18.9. The summed E-state index contributed by atoms with van der Waals surface area (Å²) in [6, 6.07) is 9.89. The smallest absolute Gasteiger partial charge is 0.191 e. The van der Waals surface area contributed by atoms with Gasteiger partial charge in [0.2, 0.25) is 0 Å². The van der Waals surface area contributed by atoms with Crippen LogP contribution >= 0.6 is 24.0 Å². The van der Waals surface area contributed by atoms with E-state index >= 15 is 0 Å². The van der Waals surface area contributed by atoms with Crippen molar-refractivity contribution in [3.63, 3.8) is 0 Å². The van der Waals surface area contributed by atoms with Crippen LogP contribution in [0, 0.1) is 0 Å². The second-order valence-electron chi connectivity index (χ2n) is 6.63. The van der Waals surface area contributed by atoms with E-state index in [1.165, 1.54) is 19.3 Å². The molecule has 0 unspecified atom stereocenters. The Bertz CT molecular complexity index is 719. The molecule has 8 heteroatoms. The Labute approximate surface area is 184 Å². The first-order valence-corrected chi connectivity index (χ1v) is 9.98. The molecule has 1 aromatic heterocycles. The first kappa shape index (κ1) is 22.4. The van der Waals surface area contributed by atoms with Gasteiger partial charge in [-0.3, -0.25) is 0 Å². The van der Waals surface area contributed by atoms with Gasteiger partial charge in [-0.15, -0.1) is 34.2 Å². The molecule has 0 radical (unpaired) electrons. The SMILES string of the molecule is CCNC(=NCc1nnc2n1CCCCC2)NCCCOc1ccccc1.I. The average molecular weight is 498 g/mol.